The van der Waals surface area contributed by atoms with Gasteiger partial charge in [-0.1, -0.05) is 17.7 Å². The number of benzene rings is 1. The van der Waals surface area contributed by atoms with E-state index in [1.807, 2.05) is 26.0 Å². The summed E-state index contributed by atoms with van der Waals surface area (Å²) in [6.45, 7) is 4.08. The predicted molar refractivity (Wildman–Crippen MR) is 132 cm³/mol. The molecule has 10 heteroatoms. The Morgan fingerprint density at radius 3 is 2.56 bits per heavy atom. The number of nitrogens with one attached hydrogen (secondary N) is 2. The Labute approximate surface area is 208 Å². The lowest BCUT2D eigenvalue weighted by molar-refractivity contribution is -0.124. The van der Waals surface area contributed by atoms with E-state index in [0.717, 1.165) is 22.4 Å². The fourth-order valence-electron chi connectivity index (χ4n) is 4.34. The fraction of sp³-hybridized carbons (Fsp3) is 0.292. The van der Waals surface area contributed by atoms with E-state index in [2.05, 4.69) is 20.7 Å². The number of amides is 2. The third-order valence-corrected chi connectivity index (χ3v) is 6.02. The largest absolute Gasteiger partial charge is 0.338 e. The summed E-state index contributed by atoms with van der Waals surface area (Å²) in [7, 11) is 0. The molecule has 2 amide bonds. The standard InChI is InChI=1S/C24H24ClN5O3.ClH/c1-14-9-18(30-13-17(25)12-28-30)10-15(2)21(14)22-19(31)11-16(23(22)32)6-8-27-24(33)29-20-5-3-4-7-26-20;/h3-5,7,9-10,12-13,16,22H,6,8,11H2,1-2H3,(H2,26,27,29,33);1H. The van der Waals surface area contributed by atoms with Crippen LogP contribution >= 0.6 is 24.0 Å². The van der Waals surface area contributed by atoms with E-state index in [9.17, 15) is 14.4 Å². The molecule has 0 radical (unpaired) electrons. The molecular formula is C24H25Cl2N5O3. The summed E-state index contributed by atoms with van der Waals surface area (Å²) in [5, 5.41) is 10.1. The number of aryl methyl sites for hydroxylation is 2. The highest BCUT2D eigenvalue weighted by molar-refractivity contribution is 6.30. The molecule has 2 aromatic heterocycles. The second-order valence-electron chi connectivity index (χ2n) is 8.18. The lowest BCUT2D eigenvalue weighted by Crippen LogP contribution is -2.31. The molecule has 2 heterocycles. The van der Waals surface area contributed by atoms with Crippen molar-refractivity contribution in [2.45, 2.75) is 32.6 Å². The van der Waals surface area contributed by atoms with Crippen molar-refractivity contribution < 1.29 is 14.4 Å². The number of carbonyl (C=O) groups is 3. The van der Waals surface area contributed by atoms with E-state index in [1.54, 1.807) is 41.5 Å². The summed E-state index contributed by atoms with van der Waals surface area (Å²) in [5.41, 5.74) is 3.29. The van der Waals surface area contributed by atoms with Gasteiger partial charge in [-0.25, -0.2) is 14.5 Å². The van der Waals surface area contributed by atoms with Crippen LogP contribution in [-0.2, 0) is 9.59 Å². The highest BCUT2D eigenvalue weighted by atomic mass is 35.5. The molecule has 0 aliphatic heterocycles. The molecule has 178 valence electrons. The Morgan fingerprint density at radius 2 is 1.94 bits per heavy atom. The first kappa shape index (κ1) is 25.4. The lowest BCUT2D eigenvalue weighted by Gasteiger charge is -2.17. The summed E-state index contributed by atoms with van der Waals surface area (Å²) >= 11 is 5.97. The maximum absolute atomic E-state index is 13.2. The number of rotatable bonds is 6. The quantitative estimate of drug-likeness (QED) is 0.486. The van der Waals surface area contributed by atoms with Crippen molar-refractivity contribution in [3.05, 3.63) is 70.6 Å². The number of urea groups is 1. The van der Waals surface area contributed by atoms with E-state index < -0.39 is 17.9 Å². The maximum atomic E-state index is 13.2. The molecule has 8 nitrogen and oxygen atoms in total. The second kappa shape index (κ2) is 10.8. The van der Waals surface area contributed by atoms with Gasteiger partial charge >= 0.3 is 6.03 Å². The minimum Gasteiger partial charge on any atom is -0.338 e. The first-order valence-corrected chi connectivity index (χ1v) is 11.1. The van der Waals surface area contributed by atoms with Crippen LogP contribution in [0.5, 0.6) is 0 Å². The van der Waals surface area contributed by atoms with Crippen LogP contribution in [0.1, 0.15) is 35.4 Å². The first-order valence-electron chi connectivity index (χ1n) is 10.7. The van der Waals surface area contributed by atoms with Crippen molar-refractivity contribution in [2.75, 3.05) is 11.9 Å². The van der Waals surface area contributed by atoms with E-state index >= 15 is 0 Å². The average molecular weight is 502 g/mol. The van der Waals surface area contributed by atoms with E-state index in [1.165, 1.54) is 0 Å². The van der Waals surface area contributed by atoms with Crippen molar-refractivity contribution >= 4 is 47.4 Å². The molecule has 1 aromatic carbocycles. The molecule has 0 spiro atoms. The van der Waals surface area contributed by atoms with E-state index in [4.69, 9.17) is 11.6 Å². The second-order valence-corrected chi connectivity index (χ2v) is 8.62. The molecule has 1 saturated carbocycles. The number of anilines is 1. The van der Waals surface area contributed by atoms with Crippen molar-refractivity contribution in [3.63, 3.8) is 0 Å². The van der Waals surface area contributed by atoms with Crippen LogP contribution in [0.25, 0.3) is 5.69 Å². The minimum absolute atomic E-state index is 0. The zero-order chi connectivity index (χ0) is 23.5. The molecule has 34 heavy (non-hydrogen) atoms. The molecule has 2 N–H and O–H groups in total. The van der Waals surface area contributed by atoms with Gasteiger partial charge in [0.15, 0.2) is 5.78 Å². The molecule has 0 bridgehead atoms. The smallest absolute Gasteiger partial charge is 0.320 e. The van der Waals surface area contributed by atoms with Gasteiger partial charge in [0.2, 0.25) is 0 Å². The van der Waals surface area contributed by atoms with Gasteiger partial charge in [0.25, 0.3) is 0 Å². The number of ketones is 2. The first-order chi connectivity index (χ1) is 15.8. The van der Waals surface area contributed by atoms with Gasteiger partial charge in [-0.15, -0.1) is 12.4 Å². The van der Waals surface area contributed by atoms with Crippen LogP contribution in [0.4, 0.5) is 10.6 Å². The Hall–Kier alpha value is -3.23. The van der Waals surface area contributed by atoms with E-state index in [-0.39, 0.29) is 36.9 Å². The van der Waals surface area contributed by atoms with E-state index in [0.29, 0.717) is 17.3 Å². The molecular weight excluding hydrogens is 477 g/mol. The minimum atomic E-state index is -0.771. The number of Topliss-reactive ketones (excluding diaryl/α,β-unsaturated/α-hetero) is 2. The van der Waals surface area contributed by atoms with Crippen molar-refractivity contribution in [1.29, 1.82) is 0 Å². The number of pyridine rings is 1. The van der Waals surface area contributed by atoms with Gasteiger partial charge in [0, 0.05) is 31.3 Å². The molecule has 3 aromatic rings. The predicted octanol–water partition coefficient (Wildman–Crippen LogP) is 4.41. The Bertz CT molecular complexity index is 1190. The number of carbonyl (C=O) groups excluding carboxylic acids is 3. The van der Waals surface area contributed by atoms with Gasteiger partial charge in [0.05, 0.1) is 16.9 Å². The normalized spacial score (nSPS) is 17.4. The number of hydrogen-bond acceptors (Lipinski definition) is 5. The summed E-state index contributed by atoms with van der Waals surface area (Å²) in [4.78, 5) is 42.0. The topological polar surface area (TPSA) is 106 Å². The molecule has 1 aliphatic rings. The van der Waals surface area contributed by atoms with Crippen molar-refractivity contribution in [3.8, 4) is 5.69 Å². The summed E-state index contributed by atoms with van der Waals surface area (Å²) in [6, 6.07) is 8.62. The number of hydrogen-bond donors (Lipinski definition) is 2. The monoisotopic (exact) mass is 501 g/mol. The summed E-state index contributed by atoms with van der Waals surface area (Å²) in [6.07, 6.45) is 5.42. The highest BCUT2D eigenvalue weighted by Crippen LogP contribution is 2.37. The lowest BCUT2D eigenvalue weighted by atomic mass is 9.87. The van der Waals surface area contributed by atoms with Gasteiger partial charge in [-0.2, -0.15) is 5.10 Å². The van der Waals surface area contributed by atoms with Gasteiger partial charge in [0.1, 0.15) is 17.5 Å². The van der Waals surface area contributed by atoms with Crippen LogP contribution in [0.2, 0.25) is 5.02 Å². The summed E-state index contributed by atoms with van der Waals surface area (Å²) < 4.78 is 1.66. The highest BCUT2D eigenvalue weighted by Gasteiger charge is 2.42. The molecule has 1 aliphatic carbocycles. The summed E-state index contributed by atoms with van der Waals surface area (Å²) in [5.74, 6) is -0.917. The van der Waals surface area contributed by atoms with Gasteiger partial charge < -0.3 is 5.32 Å². The Kier molecular flexibility index (Phi) is 8.06. The van der Waals surface area contributed by atoms with Crippen molar-refractivity contribution in [1.82, 2.24) is 20.1 Å². The molecule has 0 saturated heterocycles. The van der Waals surface area contributed by atoms with Crippen LogP contribution in [0.3, 0.4) is 0 Å². The number of nitrogens with zero attached hydrogens (tertiary/aromatic N) is 3. The number of halogens is 2. The fourth-order valence-corrected chi connectivity index (χ4v) is 4.48. The molecule has 4 rings (SSSR count). The van der Waals surface area contributed by atoms with Crippen LogP contribution in [0.15, 0.2) is 48.9 Å². The van der Waals surface area contributed by atoms with Crippen LogP contribution in [-0.4, -0.2) is 38.9 Å². The van der Waals surface area contributed by atoms with Crippen LogP contribution in [0, 0.1) is 19.8 Å². The third-order valence-electron chi connectivity index (χ3n) is 5.82. The zero-order valence-electron chi connectivity index (χ0n) is 18.7. The molecule has 1 fully saturated rings. The SMILES string of the molecule is Cc1cc(-n2cc(Cl)cn2)cc(C)c1C1C(=O)CC(CCNC(=O)Nc2ccccn2)C1=O.Cl. The third kappa shape index (κ3) is 5.46. The van der Waals surface area contributed by atoms with Crippen molar-refractivity contribution in [2.24, 2.45) is 5.92 Å². The maximum Gasteiger partial charge on any atom is 0.320 e. The molecule has 2 atom stereocenters. The van der Waals surface area contributed by atoms with Gasteiger partial charge in [-0.05, 0) is 61.2 Å². The van der Waals surface area contributed by atoms with Crippen LogP contribution < -0.4 is 10.6 Å². The number of aromatic nitrogens is 3. The molecule has 2 unspecified atom stereocenters. The Morgan fingerprint density at radius 1 is 1.21 bits per heavy atom. The Balaban J connectivity index is 0.00000324. The average Bonchev–Trinajstić information content (AvgIpc) is 3.32. The zero-order valence-corrected chi connectivity index (χ0v) is 20.3. The van der Waals surface area contributed by atoms with Gasteiger partial charge in [-0.3, -0.25) is 14.9 Å².